The predicted molar refractivity (Wildman–Crippen MR) is 73.5 cm³/mol. The number of ether oxygens (including phenoxy) is 1. The molecule has 0 spiro atoms. The minimum absolute atomic E-state index is 0.291. The molecule has 1 fully saturated rings. The first-order valence-electron chi connectivity index (χ1n) is 6.07. The van der Waals surface area contributed by atoms with Crippen LogP contribution in [0.3, 0.4) is 0 Å². The summed E-state index contributed by atoms with van der Waals surface area (Å²) < 4.78 is 6.97. The minimum Gasteiger partial charge on any atom is -0.474 e. The molecule has 1 aliphatic rings. The van der Waals surface area contributed by atoms with Crippen molar-refractivity contribution in [1.29, 1.82) is 0 Å². The first kappa shape index (κ1) is 13.2. The van der Waals surface area contributed by atoms with Crippen LogP contribution < -0.4 is 4.74 Å². The molecule has 1 heterocycles. The number of hydrogen-bond acceptors (Lipinski definition) is 2. The highest BCUT2D eigenvalue weighted by molar-refractivity contribution is 9.10. The van der Waals surface area contributed by atoms with E-state index in [1.165, 1.54) is 19.3 Å². The number of alkyl halides is 1. The summed E-state index contributed by atoms with van der Waals surface area (Å²) in [4.78, 5) is 4.32. The van der Waals surface area contributed by atoms with Crippen LogP contribution in [0.4, 0.5) is 0 Å². The van der Waals surface area contributed by atoms with Crippen LogP contribution in [0.5, 0.6) is 5.88 Å². The Kier molecular flexibility index (Phi) is 4.69. The number of nitrogens with zero attached hydrogens (tertiary/aromatic N) is 1. The molecule has 2 unspecified atom stereocenters. The third-order valence-electron chi connectivity index (χ3n) is 3.33. The third kappa shape index (κ3) is 3.35. The standard InChI is InChI=1S/C13H17BrClNO/c1-9-4-2-3-5-12(9)17-13-10(7-15)6-11(14)8-16-13/h6,8-9,12H,2-5,7H2,1H3. The summed E-state index contributed by atoms with van der Waals surface area (Å²) in [6.45, 7) is 2.25. The van der Waals surface area contributed by atoms with Crippen molar-refractivity contribution >= 4 is 27.5 Å². The lowest BCUT2D eigenvalue weighted by Gasteiger charge is -2.29. The molecule has 1 saturated carbocycles. The number of halogens is 2. The van der Waals surface area contributed by atoms with E-state index in [0.717, 1.165) is 16.5 Å². The average Bonchev–Trinajstić information content (AvgIpc) is 2.34. The molecule has 1 aliphatic carbocycles. The number of pyridine rings is 1. The summed E-state index contributed by atoms with van der Waals surface area (Å²) in [5, 5.41) is 0. The Hall–Kier alpha value is -0.280. The van der Waals surface area contributed by atoms with E-state index in [0.29, 0.717) is 23.8 Å². The zero-order chi connectivity index (χ0) is 12.3. The van der Waals surface area contributed by atoms with Gasteiger partial charge in [-0.25, -0.2) is 4.98 Å². The predicted octanol–water partition coefficient (Wildman–Crippen LogP) is 4.54. The third-order valence-corrected chi connectivity index (χ3v) is 4.05. The van der Waals surface area contributed by atoms with Crippen molar-refractivity contribution in [2.24, 2.45) is 5.92 Å². The van der Waals surface area contributed by atoms with Crippen LogP contribution in [0.15, 0.2) is 16.7 Å². The van der Waals surface area contributed by atoms with Gasteiger partial charge in [-0.3, -0.25) is 0 Å². The molecule has 4 heteroatoms. The Morgan fingerprint density at radius 2 is 2.24 bits per heavy atom. The topological polar surface area (TPSA) is 22.1 Å². The molecule has 2 rings (SSSR count). The van der Waals surface area contributed by atoms with Crippen molar-refractivity contribution in [3.63, 3.8) is 0 Å². The zero-order valence-electron chi connectivity index (χ0n) is 9.96. The van der Waals surface area contributed by atoms with E-state index in [1.807, 2.05) is 6.07 Å². The van der Waals surface area contributed by atoms with Crippen molar-refractivity contribution in [3.8, 4) is 5.88 Å². The van der Waals surface area contributed by atoms with Crippen LogP contribution in [-0.2, 0) is 5.88 Å². The minimum atomic E-state index is 0.291. The van der Waals surface area contributed by atoms with Crippen molar-refractivity contribution in [3.05, 3.63) is 22.3 Å². The van der Waals surface area contributed by atoms with Gasteiger partial charge in [-0.15, -0.1) is 11.6 Å². The van der Waals surface area contributed by atoms with E-state index in [9.17, 15) is 0 Å². The molecule has 1 aromatic heterocycles. The quantitative estimate of drug-likeness (QED) is 0.763. The first-order valence-corrected chi connectivity index (χ1v) is 7.40. The van der Waals surface area contributed by atoms with Gasteiger partial charge in [0.25, 0.3) is 0 Å². The van der Waals surface area contributed by atoms with Gasteiger partial charge < -0.3 is 4.74 Å². The van der Waals surface area contributed by atoms with Crippen molar-refractivity contribution in [2.45, 2.75) is 44.6 Å². The van der Waals surface area contributed by atoms with Gasteiger partial charge in [-0.05, 0) is 47.2 Å². The molecule has 0 bridgehead atoms. The van der Waals surface area contributed by atoms with Gasteiger partial charge in [0, 0.05) is 16.2 Å². The molecule has 0 N–H and O–H groups in total. The lowest BCUT2D eigenvalue weighted by molar-refractivity contribution is 0.0966. The summed E-state index contributed by atoms with van der Waals surface area (Å²) in [5.41, 5.74) is 0.957. The monoisotopic (exact) mass is 317 g/mol. The second-order valence-corrected chi connectivity index (χ2v) is 5.85. The van der Waals surface area contributed by atoms with Crippen LogP contribution >= 0.6 is 27.5 Å². The molecule has 0 radical (unpaired) electrons. The highest BCUT2D eigenvalue weighted by Gasteiger charge is 2.24. The summed E-state index contributed by atoms with van der Waals surface area (Å²) >= 11 is 9.31. The molecule has 0 amide bonds. The summed E-state index contributed by atoms with van der Waals surface area (Å²) in [7, 11) is 0. The SMILES string of the molecule is CC1CCCCC1Oc1ncc(Br)cc1CCl. The molecule has 0 aromatic carbocycles. The Labute approximate surface area is 116 Å². The maximum absolute atomic E-state index is 6.03. The molecule has 2 nitrogen and oxygen atoms in total. The fourth-order valence-corrected chi connectivity index (χ4v) is 2.84. The van der Waals surface area contributed by atoms with Gasteiger partial charge in [-0.2, -0.15) is 0 Å². The average molecular weight is 319 g/mol. The summed E-state index contributed by atoms with van der Waals surface area (Å²) in [6.07, 6.45) is 7.00. The maximum atomic E-state index is 6.03. The van der Waals surface area contributed by atoms with Crippen LogP contribution in [-0.4, -0.2) is 11.1 Å². The van der Waals surface area contributed by atoms with Gasteiger partial charge in [0.15, 0.2) is 0 Å². The first-order chi connectivity index (χ1) is 8.20. The van der Waals surface area contributed by atoms with Crippen LogP contribution in [0, 0.1) is 5.92 Å². The van der Waals surface area contributed by atoms with Gasteiger partial charge in [0.1, 0.15) is 6.10 Å². The van der Waals surface area contributed by atoms with E-state index >= 15 is 0 Å². The van der Waals surface area contributed by atoms with Gasteiger partial charge in [0.2, 0.25) is 5.88 Å². The largest absolute Gasteiger partial charge is 0.474 e. The van der Waals surface area contributed by atoms with Gasteiger partial charge in [0.05, 0.1) is 5.88 Å². The molecular formula is C13H17BrClNO. The molecule has 2 atom stereocenters. The second kappa shape index (κ2) is 6.05. The fourth-order valence-electron chi connectivity index (χ4n) is 2.27. The van der Waals surface area contributed by atoms with Gasteiger partial charge >= 0.3 is 0 Å². The molecule has 1 aromatic rings. The fraction of sp³-hybridized carbons (Fsp3) is 0.615. The van der Waals surface area contributed by atoms with Gasteiger partial charge in [-0.1, -0.05) is 13.3 Å². The number of rotatable bonds is 3. The summed E-state index contributed by atoms with van der Waals surface area (Å²) in [5.74, 6) is 1.74. The van der Waals surface area contributed by atoms with E-state index in [2.05, 4.69) is 27.8 Å². The molecule has 0 saturated heterocycles. The van der Waals surface area contributed by atoms with Crippen molar-refractivity contribution in [2.75, 3.05) is 0 Å². The Morgan fingerprint density at radius 1 is 1.47 bits per heavy atom. The Balaban J connectivity index is 2.11. The molecule has 94 valence electrons. The lowest BCUT2D eigenvalue weighted by atomic mass is 9.88. The highest BCUT2D eigenvalue weighted by atomic mass is 79.9. The second-order valence-electron chi connectivity index (χ2n) is 4.67. The van der Waals surface area contributed by atoms with Crippen LogP contribution in [0.1, 0.15) is 38.2 Å². The van der Waals surface area contributed by atoms with Crippen molar-refractivity contribution in [1.82, 2.24) is 4.98 Å². The van der Waals surface area contributed by atoms with Crippen molar-refractivity contribution < 1.29 is 4.74 Å². The normalized spacial score (nSPS) is 24.6. The van der Waals surface area contributed by atoms with Crippen LogP contribution in [0.25, 0.3) is 0 Å². The maximum Gasteiger partial charge on any atom is 0.218 e. The zero-order valence-corrected chi connectivity index (χ0v) is 12.3. The molecule has 0 aliphatic heterocycles. The highest BCUT2D eigenvalue weighted by Crippen LogP contribution is 2.30. The molecular weight excluding hydrogens is 302 g/mol. The van der Waals surface area contributed by atoms with E-state index in [4.69, 9.17) is 16.3 Å². The van der Waals surface area contributed by atoms with E-state index in [1.54, 1.807) is 6.20 Å². The number of aromatic nitrogens is 1. The molecule has 17 heavy (non-hydrogen) atoms. The lowest BCUT2D eigenvalue weighted by Crippen LogP contribution is -2.28. The van der Waals surface area contributed by atoms with E-state index < -0.39 is 0 Å². The smallest absolute Gasteiger partial charge is 0.218 e. The van der Waals surface area contributed by atoms with E-state index in [-0.39, 0.29) is 0 Å². The Morgan fingerprint density at radius 3 is 2.94 bits per heavy atom. The number of hydrogen-bond donors (Lipinski definition) is 0. The van der Waals surface area contributed by atoms with Crippen LogP contribution in [0.2, 0.25) is 0 Å². The summed E-state index contributed by atoms with van der Waals surface area (Å²) in [6, 6.07) is 1.98. The Bertz CT molecular complexity index is 386.